The number of rotatable bonds is 4. The fourth-order valence-electron chi connectivity index (χ4n) is 3.63. The maximum absolute atomic E-state index is 13.1. The summed E-state index contributed by atoms with van der Waals surface area (Å²) in [6.07, 6.45) is 7.47. The van der Waals surface area contributed by atoms with Gasteiger partial charge < -0.3 is 10.2 Å². The summed E-state index contributed by atoms with van der Waals surface area (Å²) in [6.45, 7) is 7.13. The van der Waals surface area contributed by atoms with E-state index in [9.17, 15) is 9.59 Å². The van der Waals surface area contributed by atoms with Gasteiger partial charge in [0.2, 0.25) is 11.8 Å². The second-order valence-electron chi connectivity index (χ2n) is 7.26. The third-order valence-electron chi connectivity index (χ3n) is 5.03. The van der Waals surface area contributed by atoms with Crippen molar-refractivity contribution in [3.05, 3.63) is 0 Å². The zero-order valence-electron chi connectivity index (χ0n) is 13.8. The standard InChI is InChI=1S/C17H30N2O2/c1-13(2)7-8-14(3)19-12-9-15(20)18-17(16(19)21)10-5-4-6-11-17/h13-14H,4-12H2,1-3H3,(H,18,20). The molecule has 4 nitrogen and oxygen atoms in total. The number of nitrogens with one attached hydrogen (secondary N) is 1. The fraction of sp³-hybridized carbons (Fsp3) is 0.882. The molecule has 1 atom stereocenters. The lowest BCUT2D eigenvalue weighted by Gasteiger charge is -2.40. The predicted octanol–water partition coefficient (Wildman–Crippen LogP) is 2.86. The first-order valence-electron chi connectivity index (χ1n) is 8.57. The first-order valence-corrected chi connectivity index (χ1v) is 8.57. The highest BCUT2D eigenvalue weighted by Crippen LogP contribution is 2.32. The van der Waals surface area contributed by atoms with Gasteiger partial charge in [0.05, 0.1) is 0 Å². The summed E-state index contributed by atoms with van der Waals surface area (Å²) in [5.41, 5.74) is -0.599. The van der Waals surface area contributed by atoms with E-state index in [0.29, 0.717) is 18.9 Å². The van der Waals surface area contributed by atoms with Crippen LogP contribution in [-0.4, -0.2) is 34.8 Å². The molecular weight excluding hydrogens is 264 g/mol. The smallest absolute Gasteiger partial charge is 0.248 e. The summed E-state index contributed by atoms with van der Waals surface area (Å²) in [5, 5.41) is 3.06. The van der Waals surface area contributed by atoms with Gasteiger partial charge in [-0.2, -0.15) is 0 Å². The van der Waals surface area contributed by atoms with Gasteiger partial charge in [-0.05, 0) is 38.5 Å². The average Bonchev–Trinajstić information content (AvgIpc) is 2.56. The van der Waals surface area contributed by atoms with Crippen molar-refractivity contribution in [2.45, 2.75) is 83.7 Å². The molecule has 1 N–H and O–H groups in total. The van der Waals surface area contributed by atoms with Crippen LogP contribution < -0.4 is 5.32 Å². The van der Waals surface area contributed by atoms with Crippen LogP contribution in [0.5, 0.6) is 0 Å². The van der Waals surface area contributed by atoms with E-state index in [2.05, 4.69) is 26.1 Å². The third-order valence-corrected chi connectivity index (χ3v) is 5.03. The number of carbonyl (C=O) groups is 2. The Kier molecular flexibility index (Phi) is 5.28. The van der Waals surface area contributed by atoms with Gasteiger partial charge in [0.1, 0.15) is 5.54 Å². The molecule has 1 saturated carbocycles. The molecule has 1 spiro atoms. The number of amides is 2. The second-order valence-corrected chi connectivity index (χ2v) is 7.26. The van der Waals surface area contributed by atoms with Gasteiger partial charge in [0.15, 0.2) is 0 Å². The summed E-state index contributed by atoms with van der Waals surface area (Å²) < 4.78 is 0. The Morgan fingerprint density at radius 2 is 1.76 bits per heavy atom. The van der Waals surface area contributed by atoms with Crippen molar-refractivity contribution in [1.29, 1.82) is 0 Å². The van der Waals surface area contributed by atoms with Gasteiger partial charge in [-0.3, -0.25) is 9.59 Å². The molecule has 0 aromatic carbocycles. The molecule has 0 aromatic heterocycles. The molecule has 0 radical (unpaired) electrons. The summed E-state index contributed by atoms with van der Waals surface area (Å²) in [4.78, 5) is 27.1. The Labute approximate surface area is 128 Å². The average molecular weight is 294 g/mol. The van der Waals surface area contributed by atoms with E-state index in [1.165, 1.54) is 6.42 Å². The zero-order valence-corrected chi connectivity index (χ0v) is 13.8. The Morgan fingerprint density at radius 3 is 2.38 bits per heavy atom. The largest absolute Gasteiger partial charge is 0.342 e. The van der Waals surface area contributed by atoms with E-state index < -0.39 is 5.54 Å². The van der Waals surface area contributed by atoms with Gasteiger partial charge in [-0.15, -0.1) is 0 Å². The van der Waals surface area contributed by atoms with Crippen molar-refractivity contribution in [2.75, 3.05) is 6.54 Å². The molecule has 1 unspecified atom stereocenters. The lowest BCUT2D eigenvalue weighted by Crippen LogP contribution is -2.59. The van der Waals surface area contributed by atoms with E-state index in [1.807, 2.05) is 4.90 Å². The number of hydrogen-bond donors (Lipinski definition) is 1. The van der Waals surface area contributed by atoms with Crippen molar-refractivity contribution in [2.24, 2.45) is 5.92 Å². The molecule has 2 aliphatic rings. The van der Waals surface area contributed by atoms with E-state index in [0.717, 1.165) is 38.5 Å². The Morgan fingerprint density at radius 1 is 1.10 bits per heavy atom. The molecule has 1 aliphatic heterocycles. The van der Waals surface area contributed by atoms with Crippen LogP contribution in [0.15, 0.2) is 0 Å². The van der Waals surface area contributed by atoms with Crippen LogP contribution in [0.4, 0.5) is 0 Å². The first kappa shape index (κ1) is 16.3. The molecule has 2 rings (SSSR count). The third kappa shape index (κ3) is 3.78. The lowest BCUT2D eigenvalue weighted by molar-refractivity contribution is -0.142. The quantitative estimate of drug-likeness (QED) is 0.866. The Bertz CT molecular complexity index is 386. The summed E-state index contributed by atoms with van der Waals surface area (Å²) >= 11 is 0. The Balaban J connectivity index is 2.13. The SMILES string of the molecule is CC(C)CCC(C)N1CCC(=O)NC2(CCCCC2)C1=O. The summed E-state index contributed by atoms with van der Waals surface area (Å²) in [7, 11) is 0. The zero-order chi connectivity index (χ0) is 15.5. The van der Waals surface area contributed by atoms with Gasteiger partial charge >= 0.3 is 0 Å². The minimum atomic E-state index is -0.599. The summed E-state index contributed by atoms with van der Waals surface area (Å²) in [5.74, 6) is 0.867. The van der Waals surface area contributed by atoms with Gasteiger partial charge in [0.25, 0.3) is 0 Å². The molecule has 120 valence electrons. The highest BCUT2D eigenvalue weighted by atomic mass is 16.2. The molecule has 4 heteroatoms. The van der Waals surface area contributed by atoms with E-state index in [4.69, 9.17) is 0 Å². The van der Waals surface area contributed by atoms with Crippen molar-refractivity contribution >= 4 is 11.8 Å². The van der Waals surface area contributed by atoms with Crippen LogP contribution in [0.1, 0.15) is 72.1 Å². The summed E-state index contributed by atoms with van der Waals surface area (Å²) in [6, 6.07) is 0.228. The monoisotopic (exact) mass is 294 g/mol. The number of nitrogens with zero attached hydrogens (tertiary/aromatic N) is 1. The van der Waals surface area contributed by atoms with Crippen LogP contribution in [0.2, 0.25) is 0 Å². The minimum Gasteiger partial charge on any atom is -0.342 e. The van der Waals surface area contributed by atoms with Crippen LogP contribution in [-0.2, 0) is 9.59 Å². The predicted molar refractivity (Wildman–Crippen MR) is 83.8 cm³/mol. The maximum Gasteiger partial charge on any atom is 0.248 e. The minimum absolute atomic E-state index is 0.0452. The molecule has 1 aliphatic carbocycles. The number of carbonyl (C=O) groups excluding carboxylic acids is 2. The van der Waals surface area contributed by atoms with Crippen LogP contribution in [0.3, 0.4) is 0 Å². The van der Waals surface area contributed by atoms with Crippen LogP contribution in [0, 0.1) is 5.92 Å². The molecule has 0 aromatic rings. The van der Waals surface area contributed by atoms with Crippen LogP contribution in [0.25, 0.3) is 0 Å². The maximum atomic E-state index is 13.1. The van der Waals surface area contributed by atoms with Crippen molar-refractivity contribution in [3.63, 3.8) is 0 Å². The highest BCUT2D eigenvalue weighted by molar-refractivity contribution is 5.93. The van der Waals surface area contributed by atoms with Crippen molar-refractivity contribution in [3.8, 4) is 0 Å². The lowest BCUT2D eigenvalue weighted by atomic mass is 9.80. The Hall–Kier alpha value is -1.06. The first-order chi connectivity index (χ1) is 9.94. The van der Waals surface area contributed by atoms with Gasteiger partial charge in [0, 0.05) is 19.0 Å². The van der Waals surface area contributed by atoms with Gasteiger partial charge in [-0.1, -0.05) is 33.1 Å². The molecule has 1 heterocycles. The van der Waals surface area contributed by atoms with E-state index in [-0.39, 0.29) is 17.9 Å². The van der Waals surface area contributed by atoms with E-state index >= 15 is 0 Å². The molecule has 2 fully saturated rings. The molecular formula is C17H30N2O2. The number of hydrogen-bond acceptors (Lipinski definition) is 2. The molecule has 1 saturated heterocycles. The fourth-order valence-corrected chi connectivity index (χ4v) is 3.63. The molecule has 21 heavy (non-hydrogen) atoms. The second kappa shape index (κ2) is 6.80. The molecule has 2 amide bonds. The van der Waals surface area contributed by atoms with Gasteiger partial charge in [-0.25, -0.2) is 0 Å². The highest BCUT2D eigenvalue weighted by Gasteiger charge is 2.45. The van der Waals surface area contributed by atoms with Crippen molar-refractivity contribution in [1.82, 2.24) is 10.2 Å². The van der Waals surface area contributed by atoms with E-state index in [1.54, 1.807) is 0 Å². The van der Waals surface area contributed by atoms with Crippen molar-refractivity contribution < 1.29 is 9.59 Å². The molecule has 0 bridgehead atoms. The normalized spacial score (nSPS) is 24.1. The van der Waals surface area contributed by atoms with Crippen LogP contribution >= 0.6 is 0 Å². The topological polar surface area (TPSA) is 49.4 Å².